The molecular weight excluding hydrogens is 290 g/mol. The fourth-order valence-electron chi connectivity index (χ4n) is 2.73. The van der Waals surface area contributed by atoms with Gasteiger partial charge in [-0.2, -0.15) is 0 Å². The molecule has 1 aromatic carbocycles. The fraction of sp³-hybridized carbons (Fsp3) is 0.333. The van der Waals surface area contributed by atoms with E-state index in [4.69, 9.17) is 0 Å². The van der Waals surface area contributed by atoms with Gasteiger partial charge in [-0.15, -0.1) is 0 Å². The van der Waals surface area contributed by atoms with Crippen LogP contribution in [-0.4, -0.2) is 40.4 Å². The summed E-state index contributed by atoms with van der Waals surface area (Å²) in [7, 11) is 0. The lowest BCUT2D eigenvalue weighted by Gasteiger charge is -2.35. The number of benzene rings is 1. The van der Waals surface area contributed by atoms with E-state index >= 15 is 0 Å². The minimum atomic E-state index is -2.56. The molecule has 0 saturated carbocycles. The van der Waals surface area contributed by atoms with Gasteiger partial charge in [0.05, 0.1) is 18.6 Å². The number of carbonyl (C=O) groups is 1. The van der Waals surface area contributed by atoms with Gasteiger partial charge >= 0.3 is 6.03 Å². The Morgan fingerprint density at radius 3 is 2.91 bits per heavy atom. The number of fused-ring (bicyclic) bond motifs is 1. The van der Waals surface area contributed by atoms with Gasteiger partial charge in [-0.1, -0.05) is 30.3 Å². The van der Waals surface area contributed by atoms with Crippen LogP contribution in [0.3, 0.4) is 0 Å². The van der Waals surface area contributed by atoms with Gasteiger partial charge in [0.25, 0.3) is 6.43 Å². The van der Waals surface area contributed by atoms with Gasteiger partial charge in [0.15, 0.2) is 0 Å². The van der Waals surface area contributed by atoms with Crippen molar-refractivity contribution < 1.29 is 13.6 Å². The number of aromatic nitrogens is 2. The monoisotopic (exact) mass is 306 g/mol. The molecule has 116 valence electrons. The van der Waals surface area contributed by atoms with Crippen LogP contribution in [0.4, 0.5) is 13.6 Å². The van der Waals surface area contributed by atoms with Crippen LogP contribution in [0.2, 0.25) is 0 Å². The number of nitrogens with one attached hydrogen (secondary N) is 2. The Bertz CT molecular complexity index is 644. The van der Waals surface area contributed by atoms with E-state index in [2.05, 4.69) is 15.3 Å². The van der Waals surface area contributed by atoms with Crippen molar-refractivity contribution in [2.75, 3.05) is 13.1 Å². The molecule has 2 amide bonds. The number of H-pyrrole nitrogens is 1. The molecule has 1 aliphatic heterocycles. The van der Waals surface area contributed by atoms with E-state index in [9.17, 15) is 13.6 Å². The number of alkyl halides is 2. The summed E-state index contributed by atoms with van der Waals surface area (Å²) in [6.07, 6.45) is -0.341. The summed E-state index contributed by atoms with van der Waals surface area (Å²) in [6, 6.07) is 8.59. The summed E-state index contributed by atoms with van der Waals surface area (Å²) in [5.41, 5.74) is 2.65. The number of imidazole rings is 1. The van der Waals surface area contributed by atoms with Gasteiger partial charge in [-0.3, -0.25) is 0 Å². The Morgan fingerprint density at radius 2 is 2.18 bits per heavy atom. The molecule has 5 nitrogen and oxygen atoms in total. The highest BCUT2D eigenvalue weighted by molar-refractivity contribution is 5.75. The maximum Gasteiger partial charge on any atom is 0.318 e. The topological polar surface area (TPSA) is 61.0 Å². The molecule has 0 aliphatic carbocycles. The van der Waals surface area contributed by atoms with E-state index in [1.54, 1.807) is 11.2 Å². The maximum absolute atomic E-state index is 12.3. The smallest absolute Gasteiger partial charge is 0.318 e. The average molecular weight is 306 g/mol. The molecule has 2 N–H and O–H groups in total. The number of urea groups is 1. The Hall–Kier alpha value is -2.44. The number of amides is 2. The van der Waals surface area contributed by atoms with Crippen LogP contribution in [0.5, 0.6) is 0 Å². The van der Waals surface area contributed by atoms with Crippen molar-refractivity contribution >= 4 is 6.03 Å². The van der Waals surface area contributed by atoms with E-state index in [1.807, 2.05) is 30.3 Å². The van der Waals surface area contributed by atoms with Crippen LogP contribution in [0, 0.1) is 0 Å². The number of nitrogens with zero attached hydrogens (tertiary/aromatic N) is 2. The third kappa shape index (κ3) is 2.79. The zero-order chi connectivity index (χ0) is 15.5. The van der Waals surface area contributed by atoms with Gasteiger partial charge in [0, 0.05) is 18.7 Å². The third-order valence-electron chi connectivity index (χ3n) is 3.71. The summed E-state index contributed by atoms with van der Waals surface area (Å²) < 4.78 is 24.6. The minimum absolute atomic E-state index is 0.367. The average Bonchev–Trinajstić information content (AvgIpc) is 3.01. The van der Waals surface area contributed by atoms with Gasteiger partial charge in [-0.25, -0.2) is 18.6 Å². The van der Waals surface area contributed by atoms with Crippen LogP contribution in [0.1, 0.15) is 23.0 Å². The molecule has 0 saturated heterocycles. The van der Waals surface area contributed by atoms with Gasteiger partial charge < -0.3 is 15.2 Å². The molecule has 2 heterocycles. The van der Waals surface area contributed by atoms with Crippen molar-refractivity contribution in [3.63, 3.8) is 0 Å². The van der Waals surface area contributed by atoms with Gasteiger partial charge in [0.2, 0.25) is 0 Å². The van der Waals surface area contributed by atoms with Crippen LogP contribution < -0.4 is 5.32 Å². The molecule has 7 heteroatoms. The van der Waals surface area contributed by atoms with Gasteiger partial charge in [-0.05, 0) is 5.56 Å². The molecule has 1 aromatic heterocycles. The first-order valence-electron chi connectivity index (χ1n) is 7.06. The predicted molar refractivity (Wildman–Crippen MR) is 76.7 cm³/mol. The van der Waals surface area contributed by atoms with Crippen molar-refractivity contribution in [2.24, 2.45) is 0 Å². The maximum atomic E-state index is 12.3. The summed E-state index contributed by atoms with van der Waals surface area (Å²) in [5, 5.41) is 2.27. The molecule has 0 fully saturated rings. The first-order chi connectivity index (χ1) is 10.7. The van der Waals surface area contributed by atoms with E-state index in [0.717, 1.165) is 17.0 Å². The molecule has 0 spiro atoms. The molecule has 2 aromatic rings. The van der Waals surface area contributed by atoms with Crippen molar-refractivity contribution in [1.82, 2.24) is 20.2 Å². The second kappa shape index (κ2) is 6.13. The van der Waals surface area contributed by atoms with E-state index in [0.29, 0.717) is 13.0 Å². The summed E-state index contributed by atoms with van der Waals surface area (Å²) >= 11 is 0. The van der Waals surface area contributed by atoms with Crippen molar-refractivity contribution in [3.8, 4) is 0 Å². The molecular formula is C15H16F2N4O. The highest BCUT2D eigenvalue weighted by atomic mass is 19.3. The normalized spacial score (nSPS) is 17.4. The number of halogens is 2. The molecule has 0 radical (unpaired) electrons. The first kappa shape index (κ1) is 14.5. The largest absolute Gasteiger partial charge is 0.348 e. The molecule has 3 rings (SSSR count). The Labute approximate surface area is 126 Å². The van der Waals surface area contributed by atoms with Crippen LogP contribution in [0.15, 0.2) is 36.7 Å². The van der Waals surface area contributed by atoms with Crippen LogP contribution >= 0.6 is 0 Å². The molecule has 1 atom stereocenters. The number of hydrogen-bond acceptors (Lipinski definition) is 2. The second-order valence-corrected chi connectivity index (χ2v) is 5.10. The van der Waals surface area contributed by atoms with Gasteiger partial charge in [0.1, 0.15) is 6.04 Å². The number of aromatic amines is 1. The lowest BCUT2D eigenvalue weighted by molar-refractivity contribution is 0.135. The Balaban J connectivity index is 1.90. The predicted octanol–water partition coefficient (Wildman–Crippen LogP) is 2.33. The number of hydrogen-bond donors (Lipinski definition) is 2. The Kier molecular flexibility index (Phi) is 4.04. The van der Waals surface area contributed by atoms with E-state index < -0.39 is 19.0 Å². The van der Waals surface area contributed by atoms with E-state index in [1.165, 1.54) is 0 Å². The summed E-state index contributed by atoms with van der Waals surface area (Å²) in [6.45, 7) is -0.200. The standard InChI is InChI=1S/C15H16F2N4O/c16-12(17)8-18-15(22)21-7-6-11-13(20-9-19-11)14(21)10-4-2-1-3-5-10/h1-5,9,12,14H,6-8H2,(H,18,22)(H,19,20). The quantitative estimate of drug-likeness (QED) is 0.914. The SMILES string of the molecule is O=C(NCC(F)F)N1CCc2[nH]cnc2C1c1ccccc1. The molecule has 1 aliphatic rings. The number of rotatable bonds is 3. The highest BCUT2D eigenvalue weighted by Crippen LogP contribution is 2.33. The van der Waals surface area contributed by atoms with Crippen molar-refractivity contribution in [1.29, 1.82) is 0 Å². The molecule has 1 unspecified atom stereocenters. The minimum Gasteiger partial charge on any atom is -0.348 e. The van der Waals surface area contributed by atoms with Crippen molar-refractivity contribution in [3.05, 3.63) is 53.6 Å². The van der Waals surface area contributed by atoms with E-state index in [-0.39, 0.29) is 6.04 Å². The highest BCUT2D eigenvalue weighted by Gasteiger charge is 2.34. The summed E-state index contributed by atoms with van der Waals surface area (Å²) in [5.74, 6) is 0. The zero-order valence-corrected chi connectivity index (χ0v) is 11.8. The summed E-state index contributed by atoms with van der Waals surface area (Å²) in [4.78, 5) is 21.2. The molecule has 22 heavy (non-hydrogen) atoms. The second-order valence-electron chi connectivity index (χ2n) is 5.10. The lowest BCUT2D eigenvalue weighted by Crippen LogP contribution is -2.47. The third-order valence-corrected chi connectivity index (χ3v) is 3.71. The Morgan fingerprint density at radius 1 is 1.41 bits per heavy atom. The fourth-order valence-corrected chi connectivity index (χ4v) is 2.73. The van der Waals surface area contributed by atoms with Crippen LogP contribution in [-0.2, 0) is 6.42 Å². The first-order valence-corrected chi connectivity index (χ1v) is 7.06. The lowest BCUT2D eigenvalue weighted by atomic mass is 9.96. The van der Waals surface area contributed by atoms with Crippen LogP contribution in [0.25, 0.3) is 0 Å². The molecule has 0 bridgehead atoms. The zero-order valence-electron chi connectivity index (χ0n) is 11.8. The van der Waals surface area contributed by atoms with Crippen molar-refractivity contribution in [2.45, 2.75) is 18.9 Å². The number of carbonyl (C=O) groups excluding carboxylic acids is 1.